The Balaban J connectivity index is 2.10. The smallest absolute Gasteiger partial charge is 0.131 e. The fourth-order valence-corrected chi connectivity index (χ4v) is 1.48. The van der Waals surface area contributed by atoms with Crippen LogP contribution in [0.1, 0.15) is 25.7 Å². The second-order valence-electron chi connectivity index (χ2n) is 3.41. The second kappa shape index (κ2) is 7.49. The number of aliphatic hydroxyl groups excluding tert-OH is 1. The predicted molar refractivity (Wildman–Crippen MR) is 63.3 cm³/mol. The summed E-state index contributed by atoms with van der Waals surface area (Å²) in [5.41, 5.74) is 0. The van der Waals surface area contributed by atoms with E-state index in [2.05, 4.69) is 10.3 Å². The summed E-state index contributed by atoms with van der Waals surface area (Å²) in [5, 5.41) is 12.3. The molecule has 15 heavy (non-hydrogen) atoms. The van der Waals surface area contributed by atoms with E-state index < -0.39 is 0 Å². The van der Waals surface area contributed by atoms with Gasteiger partial charge in [0.25, 0.3) is 0 Å². The number of anilines is 1. The zero-order valence-electron chi connectivity index (χ0n) is 8.75. The van der Waals surface area contributed by atoms with Gasteiger partial charge in [-0.25, -0.2) is 4.98 Å². The van der Waals surface area contributed by atoms with Crippen molar-refractivity contribution in [2.24, 2.45) is 0 Å². The normalized spacial score (nSPS) is 10.3. The molecule has 1 aromatic rings. The molecule has 1 rings (SSSR count). The number of unbranched alkanes of at least 4 members (excludes halogenated alkanes) is 3. The van der Waals surface area contributed by atoms with Crippen LogP contribution in [0.2, 0.25) is 5.15 Å². The Bertz CT molecular complexity index is 281. The number of hydrogen-bond donors (Lipinski definition) is 2. The SMILES string of the molecule is OCCCCCCNc1cccc(Cl)n1. The van der Waals surface area contributed by atoms with Gasteiger partial charge in [-0.3, -0.25) is 0 Å². The van der Waals surface area contributed by atoms with E-state index in [1.54, 1.807) is 6.07 Å². The number of aliphatic hydroxyl groups is 1. The quantitative estimate of drug-likeness (QED) is 0.557. The lowest BCUT2D eigenvalue weighted by atomic mass is 10.2. The topological polar surface area (TPSA) is 45.1 Å². The Labute approximate surface area is 95.5 Å². The number of pyridine rings is 1. The van der Waals surface area contributed by atoms with Crippen LogP contribution in [0.5, 0.6) is 0 Å². The van der Waals surface area contributed by atoms with Gasteiger partial charge in [0.05, 0.1) is 0 Å². The zero-order chi connectivity index (χ0) is 10.9. The number of nitrogens with zero attached hydrogens (tertiary/aromatic N) is 1. The van der Waals surface area contributed by atoms with Crippen molar-refractivity contribution in [3.8, 4) is 0 Å². The van der Waals surface area contributed by atoms with Crippen molar-refractivity contribution in [3.63, 3.8) is 0 Å². The maximum absolute atomic E-state index is 8.59. The molecule has 0 saturated carbocycles. The molecule has 0 radical (unpaired) electrons. The number of halogens is 1. The van der Waals surface area contributed by atoms with Gasteiger partial charge in [-0.1, -0.05) is 30.5 Å². The summed E-state index contributed by atoms with van der Waals surface area (Å²) in [5.74, 6) is 0.824. The summed E-state index contributed by atoms with van der Waals surface area (Å²) in [6, 6.07) is 5.54. The Morgan fingerprint density at radius 3 is 2.73 bits per heavy atom. The summed E-state index contributed by atoms with van der Waals surface area (Å²) < 4.78 is 0. The van der Waals surface area contributed by atoms with Crippen LogP contribution >= 0.6 is 11.6 Å². The third-order valence-electron chi connectivity index (χ3n) is 2.11. The number of rotatable bonds is 7. The molecular weight excluding hydrogens is 212 g/mol. The molecule has 0 aliphatic carbocycles. The van der Waals surface area contributed by atoms with Crippen molar-refractivity contribution in [2.75, 3.05) is 18.5 Å². The van der Waals surface area contributed by atoms with E-state index in [-0.39, 0.29) is 0 Å². The van der Waals surface area contributed by atoms with E-state index in [4.69, 9.17) is 16.7 Å². The first-order valence-corrected chi connectivity index (χ1v) is 5.68. The van der Waals surface area contributed by atoms with Crippen LogP contribution in [0.3, 0.4) is 0 Å². The van der Waals surface area contributed by atoms with Crippen molar-refractivity contribution < 1.29 is 5.11 Å². The average Bonchev–Trinajstić information content (AvgIpc) is 2.23. The van der Waals surface area contributed by atoms with E-state index in [0.29, 0.717) is 11.8 Å². The highest BCUT2D eigenvalue weighted by molar-refractivity contribution is 6.29. The first kappa shape index (κ1) is 12.3. The van der Waals surface area contributed by atoms with Gasteiger partial charge < -0.3 is 10.4 Å². The lowest BCUT2D eigenvalue weighted by Gasteiger charge is -2.05. The highest BCUT2D eigenvalue weighted by Crippen LogP contribution is 2.09. The Kier molecular flexibility index (Phi) is 6.12. The van der Waals surface area contributed by atoms with Crippen molar-refractivity contribution in [3.05, 3.63) is 23.4 Å². The van der Waals surface area contributed by atoms with E-state index >= 15 is 0 Å². The summed E-state index contributed by atoms with van der Waals surface area (Å²) in [7, 11) is 0. The van der Waals surface area contributed by atoms with Gasteiger partial charge in [-0.05, 0) is 25.0 Å². The molecule has 0 fully saturated rings. The maximum atomic E-state index is 8.59. The lowest BCUT2D eigenvalue weighted by molar-refractivity contribution is 0.283. The first-order valence-electron chi connectivity index (χ1n) is 5.30. The standard InChI is InChI=1S/C11H17ClN2O/c12-10-6-5-7-11(14-10)13-8-3-1-2-4-9-15/h5-7,15H,1-4,8-9H2,(H,13,14). The largest absolute Gasteiger partial charge is 0.396 e. The second-order valence-corrected chi connectivity index (χ2v) is 3.80. The highest BCUT2D eigenvalue weighted by atomic mass is 35.5. The average molecular weight is 229 g/mol. The Morgan fingerprint density at radius 2 is 2.00 bits per heavy atom. The van der Waals surface area contributed by atoms with Crippen molar-refractivity contribution >= 4 is 17.4 Å². The minimum atomic E-state index is 0.295. The predicted octanol–water partition coefficient (Wildman–Crippen LogP) is 2.70. The molecule has 0 bridgehead atoms. The van der Waals surface area contributed by atoms with Gasteiger partial charge in [0.15, 0.2) is 0 Å². The highest BCUT2D eigenvalue weighted by Gasteiger charge is 1.94. The van der Waals surface area contributed by atoms with E-state index in [1.165, 1.54) is 0 Å². The number of aromatic nitrogens is 1. The van der Waals surface area contributed by atoms with Gasteiger partial charge in [0.2, 0.25) is 0 Å². The van der Waals surface area contributed by atoms with Crippen LogP contribution in [-0.4, -0.2) is 23.2 Å². The summed E-state index contributed by atoms with van der Waals surface area (Å²) in [6.45, 7) is 1.20. The van der Waals surface area contributed by atoms with Gasteiger partial charge in [-0.2, -0.15) is 0 Å². The maximum Gasteiger partial charge on any atom is 0.131 e. The van der Waals surface area contributed by atoms with Crippen molar-refractivity contribution in [2.45, 2.75) is 25.7 Å². The molecule has 4 heteroatoms. The van der Waals surface area contributed by atoms with Crippen LogP contribution in [-0.2, 0) is 0 Å². The van der Waals surface area contributed by atoms with Crippen LogP contribution < -0.4 is 5.32 Å². The van der Waals surface area contributed by atoms with Gasteiger partial charge in [-0.15, -0.1) is 0 Å². The van der Waals surface area contributed by atoms with Crippen molar-refractivity contribution in [1.82, 2.24) is 4.98 Å². The van der Waals surface area contributed by atoms with E-state index in [0.717, 1.165) is 38.0 Å². The van der Waals surface area contributed by atoms with Gasteiger partial charge in [0, 0.05) is 13.2 Å². The fourth-order valence-electron chi connectivity index (χ4n) is 1.31. The molecule has 0 saturated heterocycles. The van der Waals surface area contributed by atoms with E-state index in [1.807, 2.05) is 12.1 Å². The zero-order valence-corrected chi connectivity index (χ0v) is 9.50. The van der Waals surface area contributed by atoms with Crippen LogP contribution in [0.15, 0.2) is 18.2 Å². The van der Waals surface area contributed by atoms with Gasteiger partial charge >= 0.3 is 0 Å². The molecule has 1 heterocycles. The molecule has 0 aliphatic rings. The summed E-state index contributed by atoms with van der Waals surface area (Å²) in [6.07, 6.45) is 4.21. The minimum absolute atomic E-state index is 0.295. The molecule has 0 unspecified atom stereocenters. The Morgan fingerprint density at radius 1 is 1.20 bits per heavy atom. The lowest BCUT2D eigenvalue weighted by Crippen LogP contribution is -2.03. The fraction of sp³-hybridized carbons (Fsp3) is 0.545. The molecule has 1 aromatic heterocycles. The first-order chi connectivity index (χ1) is 7.33. The van der Waals surface area contributed by atoms with Crippen LogP contribution in [0.25, 0.3) is 0 Å². The molecule has 0 aliphatic heterocycles. The minimum Gasteiger partial charge on any atom is -0.396 e. The molecule has 84 valence electrons. The molecule has 0 amide bonds. The van der Waals surface area contributed by atoms with Gasteiger partial charge in [0.1, 0.15) is 11.0 Å². The van der Waals surface area contributed by atoms with E-state index in [9.17, 15) is 0 Å². The third kappa shape index (κ3) is 5.60. The monoisotopic (exact) mass is 228 g/mol. The third-order valence-corrected chi connectivity index (χ3v) is 2.32. The molecular formula is C11H17ClN2O. The molecule has 3 nitrogen and oxygen atoms in total. The van der Waals surface area contributed by atoms with Crippen LogP contribution in [0.4, 0.5) is 5.82 Å². The molecule has 0 spiro atoms. The number of hydrogen-bond acceptors (Lipinski definition) is 3. The van der Waals surface area contributed by atoms with Crippen LogP contribution in [0, 0.1) is 0 Å². The summed E-state index contributed by atoms with van der Waals surface area (Å²) in [4.78, 5) is 4.12. The van der Waals surface area contributed by atoms with Crippen molar-refractivity contribution in [1.29, 1.82) is 0 Å². The Hall–Kier alpha value is -0.800. The molecule has 0 atom stereocenters. The number of nitrogens with one attached hydrogen (secondary N) is 1. The molecule has 0 aromatic carbocycles. The molecule has 2 N–H and O–H groups in total. The summed E-state index contributed by atoms with van der Waals surface area (Å²) >= 11 is 5.75.